The quantitative estimate of drug-likeness (QED) is 0.793. The lowest BCUT2D eigenvalue weighted by atomic mass is 10.1. The van der Waals surface area contributed by atoms with Crippen LogP contribution in [0.15, 0.2) is 30.6 Å². The number of thiazole rings is 1. The van der Waals surface area contributed by atoms with Gasteiger partial charge in [-0.3, -0.25) is 4.98 Å². The van der Waals surface area contributed by atoms with E-state index in [4.69, 9.17) is 0 Å². The maximum Gasteiger partial charge on any atom is 0.152 e. The Morgan fingerprint density at radius 1 is 1.24 bits per heavy atom. The molecule has 0 radical (unpaired) electrons. The number of fused-ring (bicyclic) bond motifs is 1. The van der Waals surface area contributed by atoms with Gasteiger partial charge in [-0.1, -0.05) is 0 Å². The van der Waals surface area contributed by atoms with Crippen LogP contribution in [0, 0.1) is 18.6 Å². The number of rotatable bonds is 4. The average Bonchev–Trinajstić information content (AvgIpc) is 2.85. The van der Waals surface area contributed by atoms with Gasteiger partial charge in [-0.05, 0) is 19.1 Å². The molecule has 0 aliphatic carbocycles. The highest BCUT2D eigenvalue weighted by Crippen LogP contribution is 2.25. The van der Waals surface area contributed by atoms with Crippen LogP contribution < -0.4 is 5.32 Å². The van der Waals surface area contributed by atoms with Crippen molar-refractivity contribution in [3.05, 3.63) is 52.1 Å². The molecule has 0 spiro atoms. The molecular weight excluding hydrogens is 292 g/mol. The molecule has 0 amide bonds. The van der Waals surface area contributed by atoms with E-state index in [1.54, 1.807) is 17.4 Å². The molecule has 21 heavy (non-hydrogen) atoms. The first-order valence-electron chi connectivity index (χ1n) is 6.52. The fourth-order valence-electron chi connectivity index (χ4n) is 2.15. The summed E-state index contributed by atoms with van der Waals surface area (Å²) in [5.41, 5.74) is 0.846. The summed E-state index contributed by atoms with van der Waals surface area (Å²) in [4.78, 5) is 9.41. The Balaban J connectivity index is 1.80. The third-order valence-electron chi connectivity index (χ3n) is 3.09. The van der Waals surface area contributed by atoms with Crippen molar-refractivity contribution < 1.29 is 8.78 Å². The highest BCUT2D eigenvalue weighted by Gasteiger charge is 2.09. The Hall–Kier alpha value is -2.08. The molecule has 0 bridgehead atoms. The van der Waals surface area contributed by atoms with E-state index in [-0.39, 0.29) is 5.52 Å². The van der Waals surface area contributed by atoms with Gasteiger partial charge in [-0.2, -0.15) is 0 Å². The van der Waals surface area contributed by atoms with E-state index in [9.17, 15) is 8.78 Å². The molecule has 0 aliphatic rings. The molecule has 0 aliphatic heterocycles. The normalized spacial score (nSPS) is 11.0. The monoisotopic (exact) mass is 305 g/mol. The number of nitrogens with one attached hydrogen (secondary N) is 1. The van der Waals surface area contributed by atoms with E-state index in [1.165, 1.54) is 17.1 Å². The SMILES string of the molecule is Cc1cnc(CCNc2ccnc3c(F)cc(F)cc23)s1. The summed E-state index contributed by atoms with van der Waals surface area (Å²) in [7, 11) is 0. The third kappa shape index (κ3) is 3.00. The topological polar surface area (TPSA) is 37.8 Å². The van der Waals surface area contributed by atoms with Crippen molar-refractivity contribution in [3.63, 3.8) is 0 Å². The predicted molar refractivity (Wildman–Crippen MR) is 80.7 cm³/mol. The number of hydrogen-bond acceptors (Lipinski definition) is 4. The number of anilines is 1. The Labute approximate surface area is 124 Å². The number of nitrogens with zero attached hydrogens (tertiary/aromatic N) is 2. The van der Waals surface area contributed by atoms with Crippen molar-refractivity contribution in [2.24, 2.45) is 0 Å². The minimum Gasteiger partial charge on any atom is -0.384 e. The lowest BCUT2D eigenvalue weighted by molar-refractivity contribution is 0.590. The summed E-state index contributed by atoms with van der Waals surface area (Å²) in [5, 5.41) is 4.68. The Morgan fingerprint density at radius 3 is 2.86 bits per heavy atom. The van der Waals surface area contributed by atoms with Gasteiger partial charge in [-0.15, -0.1) is 11.3 Å². The van der Waals surface area contributed by atoms with Gasteiger partial charge in [0.1, 0.15) is 11.3 Å². The molecule has 1 aromatic carbocycles. The van der Waals surface area contributed by atoms with Crippen LogP contribution in [0.3, 0.4) is 0 Å². The van der Waals surface area contributed by atoms with E-state index in [1.807, 2.05) is 13.1 Å². The molecule has 3 nitrogen and oxygen atoms in total. The zero-order valence-electron chi connectivity index (χ0n) is 11.4. The van der Waals surface area contributed by atoms with Crippen molar-refractivity contribution in [3.8, 4) is 0 Å². The van der Waals surface area contributed by atoms with E-state index in [0.717, 1.165) is 17.5 Å². The first-order chi connectivity index (χ1) is 10.1. The predicted octanol–water partition coefficient (Wildman–Crippen LogP) is 3.93. The van der Waals surface area contributed by atoms with Crippen LogP contribution in [0.25, 0.3) is 10.9 Å². The van der Waals surface area contributed by atoms with Crippen molar-refractivity contribution in [1.82, 2.24) is 9.97 Å². The second-order valence-electron chi connectivity index (χ2n) is 4.68. The van der Waals surface area contributed by atoms with Gasteiger partial charge < -0.3 is 5.32 Å². The van der Waals surface area contributed by atoms with Crippen LogP contribution in [0.5, 0.6) is 0 Å². The molecular formula is C15H13F2N3S. The molecule has 2 heterocycles. The average molecular weight is 305 g/mol. The largest absolute Gasteiger partial charge is 0.384 e. The lowest BCUT2D eigenvalue weighted by Crippen LogP contribution is -2.05. The zero-order valence-corrected chi connectivity index (χ0v) is 12.2. The van der Waals surface area contributed by atoms with Gasteiger partial charge in [0.2, 0.25) is 0 Å². The third-order valence-corrected chi connectivity index (χ3v) is 4.06. The van der Waals surface area contributed by atoms with Crippen LogP contribution >= 0.6 is 11.3 Å². The van der Waals surface area contributed by atoms with Crippen LogP contribution in [0.4, 0.5) is 14.5 Å². The first-order valence-corrected chi connectivity index (χ1v) is 7.34. The molecule has 0 atom stereocenters. The van der Waals surface area contributed by atoms with E-state index in [2.05, 4.69) is 15.3 Å². The lowest BCUT2D eigenvalue weighted by Gasteiger charge is -2.09. The molecule has 3 aromatic rings. The summed E-state index contributed by atoms with van der Waals surface area (Å²) < 4.78 is 27.0. The highest BCUT2D eigenvalue weighted by molar-refractivity contribution is 7.11. The second kappa shape index (κ2) is 5.73. The summed E-state index contributed by atoms with van der Waals surface area (Å²) in [6.45, 7) is 2.65. The van der Waals surface area contributed by atoms with Gasteiger partial charge in [0.25, 0.3) is 0 Å². The summed E-state index contributed by atoms with van der Waals surface area (Å²) in [6.07, 6.45) is 4.12. The van der Waals surface area contributed by atoms with Crippen molar-refractivity contribution in [1.29, 1.82) is 0 Å². The molecule has 6 heteroatoms. The minimum atomic E-state index is -0.649. The van der Waals surface area contributed by atoms with Gasteiger partial charge in [0.15, 0.2) is 5.82 Å². The molecule has 0 unspecified atom stereocenters. The van der Waals surface area contributed by atoms with Gasteiger partial charge in [0.05, 0.1) is 5.01 Å². The van der Waals surface area contributed by atoms with E-state index >= 15 is 0 Å². The minimum absolute atomic E-state index is 0.173. The van der Waals surface area contributed by atoms with Crippen LogP contribution in [0.2, 0.25) is 0 Å². The van der Waals surface area contributed by atoms with Crippen molar-refractivity contribution >= 4 is 27.9 Å². The summed E-state index contributed by atoms with van der Waals surface area (Å²) >= 11 is 1.65. The maximum atomic E-state index is 13.7. The maximum absolute atomic E-state index is 13.7. The Kier molecular flexibility index (Phi) is 3.79. The first kappa shape index (κ1) is 13.9. The van der Waals surface area contributed by atoms with Gasteiger partial charge in [-0.25, -0.2) is 13.8 Å². The van der Waals surface area contributed by atoms with E-state index < -0.39 is 11.6 Å². The van der Waals surface area contributed by atoms with E-state index in [0.29, 0.717) is 17.6 Å². The Bertz CT molecular complexity index is 786. The zero-order chi connectivity index (χ0) is 14.8. The second-order valence-corrected chi connectivity index (χ2v) is 6.00. The number of halogens is 2. The molecule has 3 rings (SSSR count). The molecule has 1 N–H and O–H groups in total. The summed E-state index contributed by atoms with van der Waals surface area (Å²) in [5.74, 6) is -1.25. The fourth-order valence-corrected chi connectivity index (χ4v) is 2.94. The number of benzene rings is 1. The highest BCUT2D eigenvalue weighted by atomic mass is 32.1. The van der Waals surface area contributed by atoms with Crippen molar-refractivity contribution in [2.45, 2.75) is 13.3 Å². The molecule has 108 valence electrons. The van der Waals surface area contributed by atoms with Crippen molar-refractivity contribution in [2.75, 3.05) is 11.9 Å². The number of pyridine rings is 1. The smallest absolute Gasteiger partial charge is 0.152 e. The van der Waals surface area contributed by atoms with Crippen LogP contribution in [0.1, 0.15) is 9.88 Å². The van der Waals surface area contributed by atoms with Crippen LogP contribution in [-0.4, -0.2) is 16.5 Å². The van der Waals surface area contributed by atoms with Crippen LogP contribution in [-0.2, 0) is 6.42 Å². The Morgan fingerprint density at radius 2 is 2.10 bits per heavy atom. The van der Waals surface area contributed by atoms with Gasteiger partial charge in [0, 0.05) is 47.4 Å². The standard InChI is InChI=1S/C15H13F2N3S/c1-9-8-20-14(21-9)3-5-18-13-2-4-19-15-11(13)6-10(16)7-12(15)17/h2,4,6-8H,3,5H2,1H3,(H,18,19). The summed E-state index contributed by atoms with van der Waals surface area (Å²) in [6, 6.07) is 3.85. The number of hydrogen-bond donors (Lipinski definition) is 1. The molecule has 0 saturated carbocycles. The number of aryl methyl sites for hydroxylation is 1. The molecule has 0 fully saturated rings. The molecule has 0 saturated heterocycles. The number of aromatic nitrogens is 2. The van der Waals surface area contributed by atoms with Gasteiger partial charge >= 0.3 is 0 Å². The molecule has 2 aromatic heterocycles. The fraction of sp³-hybridized carbons (Fsp3) is 0.200.